The minimum Gasteiger partial charge on any atom is -0.366 e. The van der Waals surface area contributed by atoms with E-state index in [4.69, 9.17) is 20.5 Å². The number of carbonyl (C=O) groups excluding carboxylic acids is 2. The minimum absolute atomic E-state index is 0.124. The van der Waals surface area contributed by atoms with E-state index in [-0.39, 0.29) is 11.9 Å². The van der Waals surface area contributed by atoms with E-state index in [1.165, 1.54) is 12.2 Å². The fourth-order valence-corrected chi connectivity index (χ4v) is 6.13. The number of amides is 2. The zero-order valence-corrected chi connectivity index (χ0v) is 24.9. The number of fused-ring (bicyclic) bond motifs is 1. The molecule has 0 aromatic carbocycles. The van der Waals surface area contributed by atoms with Gasteiger partial charge in [-0.2, -0.15) is 5.10 Å². The summed E-state index contributed by atoms with van der Waals surface area (Å²) >= 11 is 1.61. The van der Waals surface area contributed by atoms with Crippen LogP contribution >= 0.6 is 11.3 Å². The molecule has 4 aromatic rings. The van der Waals surface area contributed by atoms with Crippen LogP contribution in [0.4, 0.5) is 5.82 Å². The van der Waals surface area contributed by atoms with Crippen molar-refractivity contribution in [2.75, 3.05) is 38.7 Å². The monoisotopic (exact) mass is 576 g/mol. The molecule has 0 radical (unpaired) electrons. The quantitative estimate of drug-likeness (QED) is 0.269. The van der Waals surface area contributed by atoms with Crippen LogP contribution in [0.1, 0.15) is 43.1 Å². The van der Waals surface area contributed by atoms with Gasteiger partial charge in [0.15, 0.2) is 5.65 Å². The Morgan fingerprint density at radius 2 is 2.00 bits per heavy atom. The van der Waals surface area contributed by atoms with Crippen LogP contribution in [-0.4, -0.2) is 87.2 Å². The Kier molecular flexibility index (Phi) is 8.34. The molecule has 2 atom stereocenters. The van der Waals surface area contributed by atoms with Crippen LogP contribution in [0, 0.1) is 0 Å². The van der Waals surface area contributed by atoms with Crippen molar-refractivity contribution in [1.82, 2.24) is 29.5 Å². The summed E-state index contributed by atoms with van der Waals surface area (Å²) in [4.78, 5) is 46.6. The molecular weight excluding hydrogens is 540 g/mol. The van der Waals surface area contributed by atoms with Gasteiger partial charge in [-0.1, -0.05) is 19.9 Å². The third kappa shape index (κ3) is 5.42. The van der Waals surface area contributed by atoms with Crippen molar-refractivity contribution >= 4 is 34.6 Å². The summed E-state index contributed by atoms with van der Waals surface area (Å²) in [7, 11) is 3.06. The van der Waals surface area contributed by atoms with Crippen molar-refractivity contribution in [2.24, 2.45) is 5.73 Å². The second-order valence-corrected chi connectivity index (χ2v) is 11.1. The van der Waals surface area contributed by atoms with E-state index in [0.29, 0.717) is 47.7 Å². The number of nitrogens with two attached hydrogens (primary N) is 1. The molecule has 0 saturated carbocycles. The lowest BCUT2D eigenvalue weighted by atomic mass is 9.94. The van der Waals surface area contributed by atoms with Crippen molar-refractivity contribution < 1.29 is 14.4 Å². The van der Waals surface area contributed by atoms with Gasteiger partial charge in [0.1, 0.15) is 11.9 Å². The summed E-state index contributed by atoms with van der Waals surface area (Å²) in [5, 5.41) is 7.74. The average Bonchev–Trinajstić information content (AvgIpc) is 3.63. The largest absolute Gasteiger partial charge is 0.366 e. The molecule has 1 saturated heterocycles. The van der Waals surface area contributed by atoms with Gasteiger partial charge in [0.25, 0.3) is 5.91 Å². The summed E-state index contributed by atoms with van der Waals surface area (Å²) < 4.78 is 1.69. The number of rotatable bonds is 11. The van der Waals surface area contributed by atoms with Crippen LogP contribution in [0.15, 0.2) is 42.0 Å². The first kappa shape index (κ1) is 28.7. The van der Waals surface area contributed by atoms with Gasteiger partial charge in [-0.3, -0.25) is 14.4 Å². The molecule has 11 nitrogen and oxygen atoms in total. The molecule has 1 fully saturated rings. The molecule has 12 heteroatoms. The molecule has 1 aliphatic rings. The predicted molar refractivity (Wildman–Crippen MR) is 160 cm³/mol. The highest BCUT2D eigenvalue weighted by molar-refractivity contribution is 7.13. The summed E-state index contributed by atoms with van der Waals surface area (Å²) in [6.45, 7) is 8.72. The Morgan fingerprint density at radius 3 is 2.61 bits per heavy atom. The number of primary amides is 1. The number of hydrogen-bond acceptors (Lipinski definition) is 9. The highest BCUT2D eigenvalue weighted by Gasteiger charge is 2.39. The van der Waals surface area contributed by atoms with Crippen molar-refractivity contribution in [2.45, 2.75) is 45.7 Å². The highest BCUT2D eigenvalue weighted by Crippen LogP contribution is 2.36. The number of nitrogens with zero attached hydrogens (tertiary/aromatic N) is 7. The third-order valence-electron chi connectivity index (χ3n) is 7.88. The third-order valence-corrected chi connectivity index (χ3v) is 8.78. The molecule has 216 valence electrons. The van der Waals surface area contributed by atoms with Gasteiger partial charge in [0, 0.05) is 37.0 Å². The standard InChI is InChI=1S/C29H36N8O3S/c1-6-35(7-2)18(3)15-20-19(26(30)38)16-23(33-27(20)36-12-11-24(36)29(39)34(4)40-5)21-17-31-37-13-10-22(32-28(21)37)25-9-8-14-41-25/h8-10,13-14,16-18,24H,6-7,11-12,15H2,1-5H3,(H2,30,38)/t18-,24-/m0/s1. The molecule has 5 heterocycles. The van der Waals surface area contributed by atoms with Gasteiger partial charge < -0.3 is 15.5 Å². The van der Waals surface area contributed by atoms with E-state index < -0.39 is 11.9 Å². The Bertz CT molecular complexity index is 1550. The lowest BCUT2D eigenvalue weighted by Crippen LogP contribution is -2.57. The normalized spacial score (nSPS) is 15.8. The summed E-state index contributed by atoms with van der Waals surface area (Å²) in [6.07, 6.45) is 4.77. The van der Waals surface area contributed by atoms with Crippen LogP contribution in [0.3, 0.4) is 0 Å². The first-order chi connectivity index (χ1) is 19.8. The molecule has 0 bridgehead atoms. The number of thiophene rings is 1. The molecule has 1 aliphatic heterocycles. The molecule has 2 N–H and O–H groups in total. The topological polar surface area (TPSA) is 122 Å². The van der Waals surface area contributed by atoms with Crippen molar-refractivity contribution in [3.05, 3.63) is 53.2 Å². The zero-order chi connectivity index (χ0) is 29.3. The molecule has 4 aromatic heterocycles. The van der Waals surface area contributed by atoms with E-state index in [2.05, 4.69) is 30.8 Å². The zero-order valence-electron chi connectivity index (χ0n) is 24.1. The van der Waals surface area contributed by atoms with Crippen LogP contribution in [0.25, 0.3) is 27.5 Å². The summed E-state index contributed by atoms with van der Waals surface area (Å²) in [5.41, 5.74) is 9.78. The molecule has 0 spiro atoms. The number of pyridine rings is 1. The maximum Gasteiger partial charge on any atom is 0.268 e. The number of likely N-dealkylation sites (N-methyl/N-ethyl adjacent to an activating group) is 2. The predicted octanol–water partition coefficient (Wildman–Crippen LogP) is 3.49. The van der Waals surface area contributed by atoms with Gasteiger partial charge in [-0.15, -0.1) is 11.3 Å². The number of hydroxylamine groups is 2. The van der Waals surface area contributed by atoms with E-state index in [1.807, 2.05) is 34.7 Å². The maximum atomic E-state index is 13.1. The number of carbonyl (C=O) groups is 2. The minimum atomic E-state index is -0.544. The highest BCUT2D eigenvalue weighted by atomic mass is 32.1. The van der Waals surface area contributed by atoms with Crippen LogP contribution in [0.5, 0.6) is 0 Å². The summed E-state index contributed by atoms with van der Waals surface area (Å²) in [6, 6.07) is 7.33. The lowest BCUT2D eigenvalue weighted by molar-refractivity contribution is -0.171. The van der Waals surface area contributed by atoms with Crippen LogP contribution in [-0.2, 0) is 16.1 Å². The second-order valence-electron chi connectivity index (χ2n) is 10.1. The molecule has 0 aliphatic carbocycles. The SMILES string of the molecule is CCN(CC)[C@@H](C)Cc1c(C(N)=O)cc(-c2cnn3ccc(-c4cccs4)nc23)nc1N1CC[C@H]1C(=O)N(C)OC. The van der Waals surface area contributed by atoms with E-state index in [0.717, 1.165) is 29.2 Å². The Hall–Kier alpha value is -3.87. The Balaban J connectivity index is 1.67. The molecule has 41 heavy (non-hydrogen) atoms. The van der Waals surface area contributed by atoms with Gasteiger partial charge in [-0.05, 0) is 56.4 Å². The van der Waals surface area contributed by atoms with Gasteiger partial charge in [-0.25, -0.2) is 19.5 Å². The Morgan fingerprint density at radius 1 is 1.22 bits per heavy atom. The lowest BCUT2D eigenvalue weighted by Gasteiger charge is -2.43. The van der Waals surface area contributed by atoms with Crippen molar-refractivity contribution in [3.8, 4) is 21.8 Å². The molecular formula is C29H36N8O3S. The number of hydrogen-bond donors (Lipinski definition) is 1. The van der Waals surface area contributed by atoms with E-state index >= 15 is 0 Å². The van der Waals surface area contributed by atoms with Crippen LogP contribution in [0.2, 0.25) is 0 Å². The Labute approximate surface area is 243 Å². The first-order valence-corrected chi connectivity index (χ1v) is 14.7. The van der Waals surface area contributed by atoms with Gasteiger partial charge in [0.2, 0.25) is 5.91 Å². The fourth-order valence-electron chi connectivity index (χ4n) is 5.43. The van der Waals surface area contributed by atoms with Crippen molar-refractivity contribution in [1.29, 1.82) is 0 Å². The molecule has 2 amide bonds. The van der Waals surface area contributed by atoms with E-state index in [9.17, 15) is 9.59 Å². The summed E-state index contributed by atoms with van der Waals surface area (Å²) in [5.74, 6) is -0.136. The maximum absolute atomic E-state index is 13.1. The van der Waals surface area contributed by atoms with Crippen molar-refractivity contribution in [3.63, 3.8) is 0 Å². The van der Waals surface area contributed by atoms with Gasteiger partial charge in [0.05, 0.1) is 35.1 Å². The van der Waals surface area contributed by atoms with Crippen LogP contribution < -0.4 is 10.6 Å². The fraction of sp³-hybridized carbons (Fsp3) is 0.414. The van der Waals surface area contributed by atoms with Gasteiger partial charge >= 0.3 is 0 Å². The van der Waals surface area contributed by atoms with E-state index in [1.54, 1.807) is 35.2 Å². The number of aromatic nitrogens is 4. The second kappa shape index (κ2) is 11.9. The average molecular weight is 577 g/mol. The number of anilines is 1. The smallest absolute Gasteiger partial charge is 0.268 e. The first-order valence-electron chi connectivity index (χ1n) is 13.8. The molecule has 5 rings (SSSR count). The molecule has 0 unspecified atom stereocenters.